The normalized spacial score (nSPS) is 11.3. The molecule has 6 nitrogen and oxygen atoms in total. The minimum absolute atomic E-state index is 0. The number of nitrogens with one attached hydrogen (secondary N) is 2. The third kappa shape index (κ3) is 6.15. The van der Waals surface area contributed by atoms with Gasteiger partial charge in [-0.3, -0.25) is 4.79 Å². The maximum Gasteiger partial charge on any atom is 0.236 e. The van der Waals surface area contributed by atoms with Gasteiger partial charge in [0.2, 0.25) is 5.91 Å². The number of aromatic nitrogens is 1. The number of carbonyl (C=O) groups is 1. The van der Waals surface area contributed by atoms with Crippen molar-refractivity contribution >= 4 is 58.5 Å². The van der Waals surface area contributed by atoms with Crippen LogP contribution in [0.1, 0.15) is 18.9 Å². The molecule has 1 atom stereocenters. The van der Waals surface area contributed by atoms with E-state index < -0.39 is 6.04 Å². The molecule has 0 saturated heterocycles. The molecule has 2 rings (SSSR count). The highest BCUT2D eigenvalue weighted by molar-refractivity contribution is 7.59. The highest BCUT2D eigenvalue weighted by atomic mass is 35.5. The van der Waals surface area contributed by atoms with Gasteiger partial charge in [-0.05, 0) is 24.1 Å². The lowest BCUT2D eigenvalue weighted by Crippen LogP contribution is -2.41. The Morgan fingerprint density at radius 1 is 1.43 bits per heavy atom. The Morgan fingerprint density at radius 2 is 2.17 bits per heavy atom. The number of anilines is 1. The molecule has 0 radical (unpaired) electrons. The summed E-state index contributed by atoms with van der Waals surface area (Å²) in [4.78, 5) is 15.9. The number of halogens is 1. The third-order valence-electron chi connectivity index (χ3n) is 3.11. The van der Waals surface area contributed by atoms with E-state index in [0.29, 0.717) is 19.5 Å². The molecule has 1 aromatic carbocycles. The Hall–Kier alpha value is -1.06. The van der Waals surface area contributed by atoms with Gasteiger partial charge < -0.3 is 21.5 Å². The number of amides is 1. The summed E-state index contributed by atoms with van der Waals surface area (Å²) in [6, 6.07) is 5.24. The molecule has 2 aromatic rings. The van der Waals surface area contributed by atoms with Gasteiger partial charge in [-0.25, -0.2) is 4.98 Å². The van der Waals surface area contributed by atoms with E-state index in [-0.39, 0.29) is 38.4 Å². The second-order valence-electron chi connectivity index (χ2n) is 4.71. The van der Waals surface area contributed by atoms with Gasteiger partial charge in [0.25, 0.3) is 0 Å². The predicted molar refractivity (Wildman–Crippen MR) is 103 cm³/mol. The van der Waals surface area contributed by atoms with Crippen LogP contribution in [0.2, 0.25) is 0 Å². The SMILES string of the molecule is CC[C@H](N)C(=O)NCCNc1nc2ccc(CO)cc2s1.Cl.S. The van der Waals surface area contributed by atoms with Crippen LogP contribution in [0.15, 0.2) is 18.2 Å². The highest BCUT2D eigenvalue weighted by Gasteiger charge is 2.09. The summed E-state index contributed by atoms with van der Waals surface area (Å²) in [6.07, 6.45) is 0.629. The number of thiazole rings is 1. The zero-order chi connectivity index (χ0) is 15.2. The van der Waals surface area contributed by atoms with E-state index in [1.54, 1.807) is 0 Å². The molecule has 23 heavy (non-hydrogen) atoms. The van der Waals surface area contributed by atoms with E-state index in [0.717, 1.165) is 20.9 Å². The Bertz CT molecular complexity index is 624. The number of aliphatic hydroxyl groups is 1. The second-order valence-corrected chi connectivity index (χ2v) is 5.74. The molecule has 9 heteroatoms. The molecule has 0 aliphatic rings. The number of carbonyl (C=O) groups excluding carboxylic acids is 1. The van der Waals surface area contributed by atoms with Gasteiger partial charge >= 0.3 is 0 Å². The van der Waals surface area contributed by atoms with Crippen molar-refractivity contribution in [2.45, 2.75) is 26.0 Å². The standard InChI is InChI=1S/C14H20N4O2S.ClH.H2S/c1-2-10(15)13(20)16-5-6-17-14-18-11-4-3-9(8-19)7-12(11)21-14;;/h3-4,7,10,19H,2,5-6,8,15H2,1H3,(H,16,20)(H,17,18);1H;1H2/t10-;;/m0../s1. The summed E-state index contributed by atoms with van der Waals surface area (Å²) in [5.74, 6) is -0.129. The van der Waals surface area contributed by atoms with E-state index in [9.17, 15) is 4.79 Å². The number of fused-ring (bicyclic) bond motifs is 1. The zero-order valence-corrected chi connectivity index (χ0v) is 15.5. The monoisotopic (exact) mass is 378 g/mol. The summed E-state index contributed by atoms with van der Waals surface area (Å²) < 4.78 is 1.03. The fourth-order valence-electron chi connectivity index (χ4n) is 1.81. The number of rotatable bonds is 7. The molecule has 1 heterocycles. The Kier molecular flexibility index (Phi) is 10.2. The Labute approximate surface area is 152 Å². The zero-order valence-electron chi connectivity index (χ0n) is 12.8. The summed E-state index contributed by atoms with van der Waals surface area (Å²) in [5.41, 5.74) is 7.40. The third-order valence-corrected chi connectivity index (χ3v) is 4.09. The van der Waals surface area contributed by atoms with Crippen LogP contribution in [0.25, 0.3) is 10.2 Å². The molecule has 130 valence electrons. The van der Waals surface area contributed by atoms with Crippen molar-refractivity contribution in [1.82, 2.24) is 10.3 Å². The number of nitrogens with zero attached hydrogens (tertiary/aromatic N) is 1. The van der Waals surface area contributed by atoms with Crippen LogP contribution in [0.5, 0.6) is 0 Å². The van der Waals surface area contributed by atoms with Crippen molar-refractivity contribution in [2.75, 3.05) is 18.4 Å². The molecule has 0 aliphatic carbocycles. The van der Waals surface area contributed by atoms with Crippen molar-refractivity contribution in [3.63, 3.8) is 0 Å². The summed E-state index contributed by atoms with van der Waals surface area (Å²) in [7, 11) is 0. The minimum Gasteiger partial charge on any atom is -0.392 e. The largest absolute Gasteiger partial charge is 0.392 e. The molecule has 0 aliphatic heterocycles. The molecule has 0 bridgehead atoms. The number of benzene rings is 1. The fraction of sp³-hybridized carbons (Fsp3) is 0.429. The molecule has 0 spiro atoms. The average Bonchev–Trinajstić information content (AvgIpc) is 2.91. The van der Waals surface area contributed by atoms with E-state index in [4.69, 9.17) is 10.8 Å². The van der Waals surface area contributed by atoms with E-state index >= 15 is 0 Å². The van der Waals surface area contributed by atoms with Crippen LogP contribution in [-0.2, 0) is 11.4 Å². The topological polar surface area (TPSA) is 100 Å². The summed E-state index contributed by atoms with van der Waals surface area (Å²) in [6.45, 7) is 3.00. The Morgan fingerprint density at radius 3 is 2.83 bits per heavy atom. The van der Waals surface area contributed by atoms with Crippen LogP contribution < -0.4 is 16.4 Å². The minimum atomic E-state index is -0.440. The lowest BCUT2D eigenvalue weighted by atomic mass is 10.2. The number of aliphatic hydroxyl groups excluding tert-OH is 1. The summed E-state index contributed by atoms with van der Waals surface area (Å²) in [5, 5.41) is 15.9. The smallest absolute Gasteiger partial charge is 0.236 e. The molecular formula is C14H23ClN4O2S2. The summed E-state index contributed by atoms with van der Waals surface area (Å²) >= 11 is 1.53. The molecule has 0 fully saturated rings. The van der Waals surface area contributed by atoms with Crippen LogP contribution in [-0.4, -0.2) is 35.1 Å². The molecule has 1 amide bonds. The van der Waals surface area contributed by atoms with Gasteiger partial charge in [-0.2, -0.15) is 13.5 Å². The van der Waals surface area contributed by atoms with E-state index in [1.807, 2.05) is 25.1 Å². The van der Waals surface area contributed by atoms with Gasteiger partial charge in [-0.15, -0.1) is 12.4 Å². The molecular weight excluding hydrogens is 356 g/mol. The van der Waals surface area contributed by atoms with E-state index in [2.05, 4.69) is 15.6 Å². The maximum atomic E-state index is 11.5. The molecule has 0 saturated carbocycles. The van der Waals surface area contributed by atoms with Gasteiger partial charge in [0, 0.05) is 13.1 Å². The number of hydrogen-bond acceptors (Lipinski definition) is 6. The lowest BCUT2D eigenvalue weighted by molar-refractivity contribution is -0.122. The first-order valence-electron chi connectivity index (χ1n) is 6.91. The first-order valence-corrected chi connectivity index (χ1v) is 7.73. The van der Waals surface area contributed by atoms with Crippen molar-refractivity contribution in [1.29, 1.82) is 0 Å². The van der Waals surface area contributed by atoms with E-state index in [1.165, 1.54) is 11.3 Å². The quantitative estimate of drug-likeness (QED) is 0.548. The second kappa shape index (κ2) is 10.7. The van der Waals surface area contributed by atoms with Crippen LogP contribution in [0, 0.1) is 0 Å². The lowest BCUT2D eigenvalue weighted by Gasteiger charge is -2.09. The highest BCUT2D eigenvalue weighted by Crippen LogP contribution is 2.26. The van der Waals surface area contributed by atoms with Crippen molar-refractivity contribution in [3.05, 3.63) is 23.8 Å². The van der Waals surface area contributed by atoms with Crippen molar-refractivity contribution in [3.8, 4) is 0 Å². The maximum absolute atomic E-state index is 11.5. The first-order chi connectivity index (χ1) is 10.1. The van der Waals surface area contributed by atoms with Gasteiger partial charge in [0.1, 0.15) is 0 Å². The van der Waals surface area contributed by atoms with Gasteiger partial charge in [0.15, 0.2) is 5.13 Å². The van der Waals surface area contributed by atoms with Crippen LogP contribution >= 0.6 is 37.2 Å². The number of nitrogens with two attached hydrogens (primary N) is 1. The number of hydrogen-bond donors (Lipinski definition) is 4. The van der Waals surface area contributed by atoms with Crippen molar-refractivity contribution in [2.24, 2.45) is 5.73 Å². The molecule has 5 N–H and O–H groups in total. The van der Waals surface area contributed by atoms with Crippen LogP contribution in [0.4, 0.5) is 5.13 Å². The predicted octanol–water partition coefficient (Wildman–Crippen LogP) is 1.59. The first kappa shape index (κ1) is 21.9. The van der Waals surface area contributed by atoms with Gasteiger partial charge in [-0.1, -0.05) is 24.3 Å². The Balaban J connectivity index is 0.00000242. The van der Waals surface area contributed by atoms with Crippen LogP contribution in [0.3, 0.4) is 0 Å². The average molecular weight is 379 g/mol. The molecule has 1 aromatic heterocycles. The van der Waals surface area contributed by atoms with Gasteiger partial charge in [0.05, 0.1) is 22.9 Å². The van der Waals surface area contributed by atoms with Crippen molar-refractivity contribution < 1.29 is 9.90 Å². The fourth-order valence-corrected chi connectivity index (χ4v) is 2.77. The molecule has 0 unspecified atom stereocenters.